The lowest BCUT2D eigenvalue weighted by Gasteiger charge is -2.33. The summed E-state index contributed by atoms with van der Waals surface area (Å²) >= 11 is 0. The van der Waals surface area contributed by atoms with Crippen LogP contribution >= 0.6 is 0 Å². The number of nitrogens with zero attached hydrogens (tertiary/aromatic N) is 3. The van der Waals surface area contributed by atoms with Crippen molar-refractivity contribution in [3.63, 3.8) is 0 Å². The number of nitrogens with one attached hydrogen (secondary N) is 1. The quantitative estimate of drug-likeness (QED) is 0.841. The number of rotatable bonds is 4. The summed E-state index contributed by atoms with van der Waals surface area (Å²) in [6.07, 6.45) is -3.03. The number of likely N-dealkylation sites (N-methyl/N-ethyl adjacent to an activating group) is 1. The lowest BCUT2D eigenvalue weighted by Crippen LogP contribution is -2.44. The summed E-state index contributed by atoms with van der Waals surface area (Å²) in [6.45, 7) is 7.00. The molecule has 0 atom stereocenters. The smallest absolute Gasteiger partial charge is 0.321 e. The zero-order valence-corrected chi connectivity index (χ0v) is 16.8. The fourth-order valence-corrected chi connectivity index (χ4v) is 3.28. The Balaban J connectivity index is 1.81. The predicted molar refractivity (Wildman–Crippen MR) is 106 cm³/mol. The summed E-state index contributed by atoms with van der Waals surface area (Å²) in [5.41, 5.74) is 1.57. The standard InChI is InChI=1S/C21H25F3N4O/c1-14-10-18(12-25-15(14)2)26-20(29)16-4-5-17(19(11-16)21(22,23)24)13-28-8-6-27(3)7-9-28/h4-5,10-12H,6-9,13H2,1-3H3,(H,26,29). The maximum Gasteiger partial charge on any atom is 0.416 e. The minimum atomic E-state index is -4.53. The van der Waals surface area contributed by atoms with Crippen LogP contribution in [0.15, 0.2) is 30.5 Å². The number of anilines is 1. The molecule has 1 N–H and O–H groups in total. The summed E-state index contributed by atoms with van der Waals surface area (Å²) < 4.78 is 41.0. The Bertz CT molecular complexity index is 890. The molecule has 156 valence electrons. The number of benzene rings is 1. The van der Waals surface area contributed by atoms with E-state index in [0.717, 1.165) is 43.5 Å². The van der Waals surface area contributed by atoms with Gasteiger partial charge >= 0.3 is 6.18 Å². The molecule has 5 nitrogen and oxygen atoms in total. The average molecular weight is 406 g/mol. The Morgan fingerprint density at radius 2 is 1.83 bits per heavy atom. The van der Waals surface area contributed by atoms with Crippen LogP contribution in [0.25, 0.3) is 0 Å². The molecule has 0 saturated carbocycles. The molecule has 1 amide bonds. The second kappa shape index (κ2) is 8.51. The number of amides is 1. The Kier molecular flexibility index (Phi) is 6.24. The van der Waals surface area contributed by atoms with Gasteiger partial charge in [0.25, 0.3) is 5.91 Å². The number of aryl methyl sites for hydroxylation is 2. The Hall–Kier alpha value is -2.45. The highest BCUT2D eigenvalue weighted by Crippen LogP contribution is 2.33. The van der Waals surface area contributed by atoms with Crippen LogP contribution in [-0.2, 0) is 12.7 Å². The monoisotopic (exact) mass is 406 g/mol. The molecule has 0 aliphatic carbocycles. The second-order valence-electron chi connectivity index (χ2n) is 7.53. The fourth-order valence-electron chi connectivity index (χ4n) is 3.28. The number of hydrogen-bond donors (Lipinski definition) is 1. The Labute approximate surface area is 168 Å². The van der Waals surface area contributed by atoms with Crippen molar-refractivity contribution in [3.8, 4) is 0 Å². The molecule has 0 radical (unpaired) electrons. The van der Waals surface area contributed by atoms with Crippen molar-refractivity contribution < 1.29 is 18.0 Å². The first-order valence-corrected chi connectivity index (χ1v) is 9.49. The van der Waals surface area contributed by atoms with Crippen LogP contribution < -0.4 is 5.32 Å². The summed E-state index contributed by atoms with van der Waals surface area (Å²) in [7, 11) is 2.00. The van der Waals surface area contributed by atoms with Crippen molar-refractivity contribution in [1.29, 1.82) is 0 Å². The van der Waals surface area contributed by atoms with E-state index >= 15 is 0 Å². The first-order chi connectivity index (χ1) is 13.6. The molecule has 1 fully saturated rings. The van der Waals surface area contributed by atoms with Gasteiger partial charge in [0.2, 0.25) is 0 Å². The highest BCUT2D eigenvalue weighted by molar-refractivity contribution is 6.04. The molecule has 2 heterocycles. The molecule has 29 heavy (non-hydrogen) atoms. The number of carbonyl (C=O) groups excluding carboxylic acids is 1. The van der Waals surface area contributed by atoms with Gasteiger partial charge in [0.1, 0.15) is 0 Å². The van der Waals surface area contributed by atoms with Crippen LogP contribution in [0, 0.1) is 13.8 Å². The number of carbonyl (C=O) groups is 1. The van der Waals surface area contributed by atoms with Crippen LogP contribution in [0.5, 0.6) is 0 Å². The molecule has 1 aromatic heterocycles. The highest BCUT2D eigenvalue weighted by Gasteiger charge is 2.34. The first kappa shape index (κ1) is 21.3. The van der Waals surface area contributed by atoms with E-state index in [0.29, 0.717) is 5.69 Å². The van der Waals surface area contributed by atoms with E-state index in [1.807, 2.05) is 25.8 Å². The van der Waals surface area contributed by atoms with E-state index in [2.05, 4.69) is 15.2 Å². The predicted octanol–water partition coefficient (Wildman–Crippen LogP) is 3.72. The van der Waals surface area contributed by atoms with Gasteiger partial charge in [-0.15, -0.1) is 0 Å². The van der Waals surface area contributed by atoms with Crippen molar-refractivity contribution in [2.24, 2.45) is 0 Å². The minimum Gasteiger partial charge on any atom is -0.321 e. The third-order valence-corrected chi connectivity index (χ3v) is 5.27. The molecule has 1 aliphatic rings. The van der Waals surface area contributed by atoms with E-state index in [-0.39, 0.29) is 17.7 Å². The molecule has 0 unspecified atom stereocenters. The summed E-state index contributed by atoms with van der Waals surface area (Å²) in [4.78, 5) is 20.8. The van der Waals surface area contributed by atoms with E-state index < -0.39 is 17.6 Å². The van der Waals surface area contributed by atoms with Crippen molar-refractivity contribution in [2.75, 3.05) is 38.5 Å². The zero-order valence-electron chi connectivity index (χ0n) is 16.8. The molecule has 1 saturated heterocycles. The van der Waals surface area contributed by atoms with Gasteiger partial charge in [-0.25, -0.2) is 0 Å². The molecule has 1 aliphatic heterocycles. The normalized spacial score (nSPS) is 16.1. The number of halogens is 3. The van der Waals surface area contributed by atoms with Crippen LogP contribution in [0.2, 0.25) is 0 Å². The van der Waals surface area contributed by atoms with Gasteiger partial charge in [-0.3, -0.25) is 14.7 Å². The van der Waals surface area contributed by atoms with E-state index in [1.165, 1.54) is 18.3 Å². The Morgan fingerprint density at radius 1 is 1.14 bits per heavy atom. The molecular formula is C21H25F3N4O. The second-order valence-corrected chi connectivity index (χ2v) is 7.53. The number of aromatic nitrogens is 1. The maximum absolute atomic E-state index is 13.7. The van der Waals surface area contributed by atoms with Crippen LogP contribution in [0.1, 0.15) is 32.7 Å². The zero-order chi connectivity index (χ0) is 21.2. The minimum absolute atomic E-state index is 0.0299. The summed E-state index contributed by atoms with van der Waals surface area (Å²) in [6, 6.07) is 5.54. The average Bonchev–Trinajstić information content (AvgIpc) is 2.66. The van der Waals surface area contributed by atoms with Gasteiger partial charge in [-0.05, 0) is 50.2 Å². The number of hydrogen-bond acceptors (Lipinski definition) is 4. The summed E-state index contributed by atoms with van der Waals surface area (Å²) in [5, 5.41) is 2.63. The number of piperazine rings is 1. The van der Waals surface area contributed by atoms with Crippen LogP contribution in [-0.4, -0.2) is 53.9 Å². The Morgan fingerprint density at radius 3 is 2.45 bits per heavy atom. The summed E-state index contributed by atoms with van der Waals surface area (Å²) in [5.74, 6) is -0.591. The maximum atomic E-state index is 13.7. The lowest BCUT2D eigenvalue weighted by molar-refractivity contribution is -0.138. The third kappa shape index (κ3) is 5.33. The fraction of sp³-hybridized carbons (Fsp3) is 0.429. The molecular weight excluding hydrogens is 381 g/mol. The molecule has 1 aromatic carbocycles. The van der Waals surface area contributed by atoms with Gasteiger partial charge in [-0.1, -0.05) is 6.07 Å². The molecule has 8 heteroatoms. The van der Waals surface area contributed by atoms with Gasteiger partial charge in [0.15, 0.2) is 0 Å². The van der Waals surface area contributed by atoms with Crippen molar-refractivity contribution >= 4 is 11.6 Å². The number of pyridine rings is 1. The van der Waals surface area contributed by atoms with Gasteiger partial charge in [0.05, 0.1) is 17.4 Å². The van der Waals surface area contributed by atoms with E-state index in [1.54, 1.807) is 6.07 Å². The molecule has 2 aromatic rings. The third-order valence-electron chi connectivity index (χ3n) is 5.27. The van der Waals surface area contributed by atoms with Gasteiger partial charge < -0.3 is 10.2 Å². The van der Waals surface area contributed by atoms with Crippen molar-refractivity contribution in [2.45, 2.75) is 26.6 Å². The SMILES string of the molecule is Cc1cc(NC(=O)c2ccc(CN3CCN(C)CC3)c(C(F)(F)F)c2)cnc1C. The lowest BCUT2D eigenvalue weighted by atomic mass is 10.0. The van der Waals surface area contributed by atoms with Crippen molar-refractivity contribution in [3.05, 3.63) is 58.4 Å². The molecule has 3 rings (SSSR count). The van der Waals surface area contributed by atoms with Crippen LogP contribution in [0.4, 0.5) is 18.9 Å². The van der Waals surface area contributed by atoms with Crippen molar-refractivity contribution in [1.82, 2.24) is 14.8 Å². The molecule has 0 spiro atoms. The first-order valence-electron chi connectivity index (χ1n) is 9.49. The number of alkyl halides is 3. The van der Waals surface area contributed by atoms with Gasteiger partial charge in [0, 0.05) is 44.0 Å². The van der Waals surface area contributed by atoms with Gasteiger partial charge in [-0.2, -0.15) is 13.2 Å². The largest absolute Gasteiger partial charge is 0.416 e. The van der Waals surface area contributed by atoms with E-state index in [4.69, 9.17) is 0 Å². The highest BCUT2D eigenvalue weighted by atomic mass is 19.4. The topological polar surface area (TPSA) is 48.5 Å². The molecule has 0 bridgehead atoms. The van der Waals surface area contributed by atoms with E-state index in [9.17, 15) is 18.0 Å². The van der Waals surface area contributed by atoms with Crippen LogP contribution in [0.3, 0.4) is 0 Å².